The number of amides is 2. The summed E-state index contributed by atoms with van der Waals surface area (Å²) >= 11 is 5.78. The van der Waals surface area contributed by atoms with Crippen molar-refractivity contribution in [3.8, 4) is 12.3 Å². The lowest BCUT2D eigenvalue weighted by Crippen LogP contribution is -2.44. The quantitative estimate of drug-likeness (QED) is 0.745. The van der Waals surface area contributed by atoms with Crippen LogP contribution < -0.4 is 10.6 Å². The van der Waals surface area contributed by atoms with Gasteiger partial charge in [0.15, 0.2) is 0 Å². The van der Waals surface area contributed by atoms with Crippen LogP contribution in [0.25, 0.3) is 0 Å². The zero-order valence-electron chi connectivity index (χ0n) is 10.5. The second kappa shape index (κ2) is 5.63. The second-order valence-corrected chi connectivity index (χ2v) is 4.72. The molecular weight excluding hydrogens is 268 g/mol. The van der Waals surface area contributed by atoms with Crippen LogP contribution in [-0.4, -0.2) is 22.6 Å². The summed E-state index contributed by atoms with van der Waals surface area (Å²) in [5, 5.41) is 14.0. The average Bonchev–Trinajstić information content (AvgIpc) is 2.27. The smallest absolute Gasteiger partial charge is 0.339 e. The first-order chi connectivity index (χ1) is 8.76. The lowest BCUT2D eigenvalue weighted by atomic mass is 10.1. The maximum Gasteiger partial charge on any atom is 0.339 e. The number of hydrogen-bond donors (Lipinski definition) is 3. The third kappa shape index (κ3) is 3.90. The molecule has 0 radical (unpaired) electrons. The molecule has 0 aromatic heterocycles. The topological polar surface area (TPSA) is 78.4 Å². The van der Waals surface area contributed by atoms with E-state index in [1.54, 1.807) is 13.8 Å². The number of rotatable bonds is 3. The highest BCUT2D eigenvalue weighted by Crippen LogP contribution is 2.24. The molecule has 1 aromatic rings. The highest BCUT2D eigenvalue weighted by atomic mass is 35.5. The average molecular weight is 281 g/mol. The number of carbonyl (C=O) groups excluding carboxylic acids is 1. The molecule has 0 atom stereocenters. The van der Waals surface area contributed by atoms with Crippen molar-refractivity contribution in [2.24, 2.45) is 0 Å². The molecule has 0 saturated heterocycles. The Morgan fingerprint density at radius 2 is 2.05 bits per heavy atom. The van der Waals surface area contributed by atoms with E-state index in [2.05, 4.69) is 16.6 Å². The molecule has 5 nitrogen and oxygen atoms in total. The molecule has 1 aromatic carbocycles. The Morgan fingerprint density at radius 1 is 1.42 bits per heavy atom. The number of hydrogen-bond acceptors (Lipinski definition) is 2. The van der Waals surface area contributed by atoms with E-state index in [-0.39, 0.29) is 16.3 Å². The van der Waals surface area contributed by atoms with Crippen molar-refractivity contribution < 1.29 is 14.7 Å². The fourth-order valence-electron chi connectivity index (χ4n) is 1.32. The van der Waals surface area contributed by atoms with Crippen LogP contribution in [0.5, 0.6) is 0 Å². The molecule has 0 bridgehead atoms. The van der Waals surface area contributed by atoms with E-state index in [0.717, 1.165) is 0 Å². The molecule has 0 fully saturated rings. The van der Waals surface area contributed by atoms with Crippen LogP contribution in [0.2, 0.25) is 5.02 Å². The van der Waals surface area contributed by atoms with Crippen molar-refractivity contribution in [2.75, 3.05) is 5.32 Å². The Morgan fingerprint density at radius 3 is 2.58 bits per heavy atom. The largest absolute Gasteiger partial charge is 0.478 e. The fourth-order valence-corrected chi connectivity index (χ4v) is 1.57. The Kier molecular flexibility index (Phi) is 4.41. The maximum absolute atomic E-state index is 11.7. The first-order valence-electron chi connectivity index (χ1n) is 5.35. The van der Waals surface area contributed by atoms with Gasteiger partial charge >= 0.3 is 12.0 Å². The zero-order chi connectivity index (χ0) is 14.6. The van der Waals surface area contributed by atoms with E-state index in [4.69, 9.17) is 23.1 Å². The van der Waals surface area contributed by atoms with Gasteiger partial charge in [0.25, 0.3) is 0 Å². The Bertz CT molecular complexity index is 561. The predicted octanol–water partition coefficient (Wildman–Crippen LogP) is 2.57. The SMILES string of the molecule is C#CC(C)(C)NC(=O)Nc1cccc(Cl)c1C(=O)O. The van der Waals surface area contributed by atoms with Gasteiger partial charge in [-0.1, -0.05) is 23.6 Å². The number of carbonyl (C=O) groups is 2. The van der Waals surface area contributed by atoms with Gasteiger partial charge in [-0.3, -0.25) is 0 Å². The molecule has 100 valence electrons. The molecular formula is C13H13ClN2O3. The minimum Gasteiger partial charge on any atom is -0.478 e. The highest BCUT2D eigenvalue weighted by molar-refractivity contribution is 6.34. The van der Waals surface area contributed by atoms with E-state index in [0.29, 0.717) is 0 Å². The van der Waals surface area contributed by atoms with E-state index in [9.17, 15) is 9.59 Å². The molecule has 0 heterocycles. The van der Waals surface area contributed by atoms with Gasteiger partial charge in [0.2, 0.25) is 0 Å². The molecule has 3 N–H and O–H groups in total. The van der Waals surface area contributed by atoms with Crippen LogP contribution in [-0.2, 0) is 0 Å². The molecule has 0 aliphatic heterocycles. The Hall–Kier alpha value is -2.19. The number of benzene rings is 1. The zero-order valence-corrected chi connectivity index (χ0v) is 11.2. The van der Waals surface area contributed by atoms with E-state index >= 15 is 0 Å². The van der Waals surface area contributed by atoms with Crippen LogP contribution >= 0.6 is 11.6 Å². The van der Waals surface area contributed by atoms with Gasteiger partial charge < -0.3 is 15.7 Å². The number of carboxylic acids is 1. The monoisotopic (exact) mass is 280 g/mol. The van der Waals surface area contributed by atoms with Gasteiger partial charge in [-0.15, -0.1) is 6.42 Å². The van der Waals surface area contributed by atoms with Gasteiger partial charge in [-0.25, -0.2) is 9.59 Å². The summed E-state index contributed by atoms with van der Waals surface area (Å²) in [7, 11) is 0. The Balaban J connectivity index is 2.96. The number of anilines is 1. The summed E-state index contributed by atoms with van der Waals surface area (Å²) in [5.41, 5.74) is -0.908. The third-order valence-electron chi connectivity index (χ3n) is 2.26. The minimum atomic E-state index is -1.22. The molecule has 0 unspecified atom stereocenters. The van der Waals surface area contributed by atoms with Crippen molar-refractivity contribution in [1.82, 2.24) is 5.32 Å². The van der Waals surface area contributed by atoms with Crippen LogP contribution in [0.1, 0.15) is 24.2 Å². The summed E-state index contributed by atoms with van der Waals surface area (Å²) in [6.45, 7) is 3.28. The fraction of sp³-hybridized carbons (Fsp3) is 0.231. The van der Waals surface area contributed by atoms with Crippen LogP contribution in [0.3, 0.4) is 0 Å². The van der Waals surface area contributed by atoms with Crippen LogP contribution in [0, 0.1) is 12.3 Å². The number of nitrogens with one attached hydrogen (secondary N) is 2. The van der Waals surface area contributed by atoms with Crippen molar-refractivity contribution >= 4 is 29.3 Å². The van der Waals surface area contributed by atoms with Gasteiger partial charge in [0.1, 0.15) is 5.56 Å². The summed E-state index contributed by atoms with van der Waals surface area (Å²) in [5.74, 6) is 1.17. The predicted molar refractivity (Wildman–Crippen MR) is 73.5 cm³/mol. The Labute approximate surface area is 116 Å². The molecule has 0 aliphatic rings. The van der Waals surface area contributed by atoms with E-state index in [1.807, 2.05) is 0 Å². The second-order valence-electron chi connectivity index (χ2n) is 4.32. The number of carboxylic acid groups (broad SMARTS) is 1. The number of halogens is 1. The van der Waals surface area contributed by atoms with Crippen molar-refractivity contribution in [2.45, 2.75) is 19.4 Å². The standard InChI is InChI=1S/C13H13ClN2O3/c1-4-13(2,3)16-12(19)15-9-7-5-6-8(14)10(9)11(17)18/h1,5-7H,2-3H3,(H,17,18)(H2,15,16,19). The molecule has 19 heavy (non-hydrogen) atoms. The van der Waals surface area contributed by atoms with E-state index in [1.165, 1.54) is 18.2 Å². The first-order valence-corrected chi connectivity index (χ1v) is 5.73. The molecule has 0 aliphatic carbocycles. The van der Waals surface area contributed by atoms with Gasteiger partial charge in [0, 0.05) is 0 Å². The lowest BCUT2D eigenvalue weighted by molar-refractivity contribution is 0.0698. The molecule has 0 saturated carbocycles. The minimum absolute atomic E-state index is 0.0431. The number of aromatic carboxylic acids is 1. The summed E-state index contributed by atoms with van der Waals surface area (Å²) in [6.07, 6.45) is 5.24. The molecule has 6 heteroatoms. The summed E-state index contributed by atoms with van der Waals surface area (Å²) in [4.78, 5) is 22.8. The molecule has 1 rings (SSSR count). The van der Waals surface area contributed by atoms with Crippen molar-refractivity contribution in [1.29, 1.82) is 0 Å². The third-order valence-corrected chi connectivity index (χ3v) is 2.58. The number of urea groups is 1. The van der Waals surface area contributed by atoms with Crippen molar-refractivity contribution in [3.63, 3.8) is 0 Å². The van der Waals surface area contributed by atoms with Crippen LogP contribution in [0.4, 0.5) is 10.5 Å². The summed E-state index contributed by atoms with van der Waals surface area (Å²) < 4.78 is 0. The van der Waals surface area contributed by atoms with Gasteiger partial charge in [-0.2, -0.15) is 0 Å². The first kappa shape index (κ1) is 14.9. The molecule has 0 spiro atoms. The molecule has 2 amide bonds. The maximum atomic E-state index is 11.7. The van der Waals surface area contributed by atoms with Gasteiger partial charge in [0.05, 0.1) is 16.2 Å². The highest BCUT2D eigenvalue weighted by Gasteiger charge is 2.20. The lowest BCUT2D eigenvalue weighted by Gasteiger charge is -2.20. The van der Waals surface area contributed by atoms with Crippen molar-refractivity contribution in [3.05, 3.63) is 28.8 Å². The van der Waals surface area contributed by atoms with Gasteiger partial charge in [-0.05, 0) is 26.0 Å². The number of terminal acetylenes is 1. The van der Waals surface area contributed by atoms with E-state index < -0.39 is 17.5 Å². The summed E-state index contributed by atoms with van der Waals surface area (Å²) in [6, 6.07) is 3.81. The normalized spacial score (nSPS) is 10.4. The van der Waals surface area contributed by atoms with Crippen LogP contribution in [0.15, 0.2) is 18.2 Å².